The third-order valence-corrected chi connectivity index (χ3v) is 3.33. The molecule has 0 aliphatic carbocycles. The largest absolute Gasteiger partial charge is 0.384 e. The number of nitrogens with zero attached hydrogens (tertiary/aromatic N) is 1. The first-order valence-electron chi connectivity index (χ1n) is 5.54. The maximum atomic E-state index is 6.07. The molecule has 0 aromatic heterocycles. The van der Waals surface area contributed by atoms with Crippen LogP contribution >= 0.6 is 11.6 Å². The molecule has 2 nitrogen and oxygen atoms in total. The average Bonchev–Trinajstić information content (AvgIpc) is 2.54. The number of anilines is 1. The van der Waals surface area contributed by atoms with E-state index < -0.39 is 0 Å². The van der Waals surface area contributed by atoms with E-state index in [0.717, 1.165) is 24.4 Å². The third kappa shape index (κ3) is 1.54. The van der Waals surface area contributed by atoms with Gasteiger partial charge in [-0.15, -0.1) is 0 Å². The summed E-state index contributed by atoms with van der Waals surface area (Å²) in [6.07, 6.45) is 1.96. The molecule has 0 unspecified atom stereocenters. The standard InChI is InChI=1S/C13H13ClN2/c1-8-6-10-11-7-9(14)2-3-12(11)15-5-4-13(10)16-8/h2-3,7,15H,4-6H2,1H3. The molecule has 0 spiro atoms. The van der Waals surface area contributed by atoms with E-state index in [-0.39, 0.29) is 0 Å². The summed E-state index contributed by atoms with van der Waals surface area (Å²) in [6.45, 7) is 3.04. The van der Waals surface area contributed by atoms with Gasteiger partial charge in [0.1, 0.15) is 0 Å². The van der Waals surface area contributed by atoms with Crippen molar-refractivity contribution in [1.29, 1.82) is 0 Å². The highest BCUT2D eigenvalue weighted by Crippen LogP contribution is 2.38. The Kier molecular flexibility index (Phi) is 2.25. The maximum absolute atomic E-state index is 6.07. The number of hydrogen-bond acceptors (Lipinski definition) is 2. The average molecular weight is 233 g/mol. The molecule has 0 atom stereocenters. The monoisotopic (exact) mass is 232 g/mol. The minimum atomic E-state index is 0.791. The van der Waals surface area contributed by atoms with Crippen molar-refractivity contribution < 1.29 is 0 Å². The zero-order valence-electron chi connectivity index (χ0n) is 9.18. The second-order valence-corrected chi connectivity index (χ2v) is 4.75. The van der Waals surface area contributed by atoms with Gasteiger partial charge in [0.25, 0.3) is 0 Å². The van der Waals surface area contributed by atoms with Gasteiger partial charge in [0, 0.05) is 47.1 Å². The highest BCUT2D eigenvalue weighted by molar-refractivity contribution is 6.31. The van der Waals surface area contributed by atoms with Crippen molar-refractivity contribution in [2.75, 3.05) is 11.9 Å². The Morgan fingerprint density at radius 3 is 3.12 bits per heavy atom. The molecule has 2 aliphatic heterocycles. The van der Waals surface area contributed by atoms with Crippen LogP contribution in [-0.2, 0) is 0 Å². The van der Waals surface area contributed by atoms with Gasteiger partial charge < -0.3 is 5.32 Å². The molecule has 1 N–H and O–H groups in total. The van der Waals surface area contributed by atoms with Crippen molar-refractivity contribution in [3.05, 3.63) is 34.5 Å². The number of allylic oxidation sites excluding steroid dienone is 1. The fraction of sp³-hybridized carbons (Fsp3) is 0.308. The Morgan fingerprint density at radius 1 is 1.38 bits per heavy atom. The molecule has 1 aromatic rings. The van der Waals surface area contributed by atoms with Gasteiger partial charge >= 0.3 is 0 Å². The summed E-state index contributed by atoms with van der Waals surface area (Å²) in [4.78, 5) is 4.61. The molecular formula is C13H13ClN2. The molecule has 1 aromatic carbocycles. The first kappa shape index (κ1) is 9.91. The van der Waals surface area contributed by atoms with Crippen LogP contribution in [0.15, 0.2) is 28.9 Å². The number of nitrogens with one attached hydrogen (secondary N) is 1. The van der Waals surface area contributed by atoms with Gasteiger partial charge in [-0.1, -0.05) is 11.6 Å². The molecule has 0 fully saturated rings. The van der Waals surface area contributed by atoms with E-state index in [1.807, 2.05) is 12.1 Å². The van der Waals surface area contributed by atoms with Gasteiger partial charge in [0.05, 0.1) is 0 Å². The van der Waals surface area contributed by atoms with Crippen LogP contribution in [0, 0.1) is 0 Å². The third-order valence-electron chi connectivity index (χ3n) is 3.09. The van der Waals surface area contributed by atoms with Crippen LogP contribution in [0.3, 0.4) is 0 Å². The molecule has 82 valence electrons. The topological polar surface area (TPSA) is 24.4 Å². The number of rotatable bonds is 0. The molecule has 0 radical (unpaired) electrons. The molecule has 2 heterocycles. The van der Waals surface area contributed by atoms with Gasteiger partial charge in [-0.25, -0.2) is 0 Å². The summed E-state index contributed by atoms with van der Waals surface area (Å²) in [5.74, 6) is 0. The summed E-state index contributed by atoms with van der Waals surface area (Å²) < 4.78 is 0. The van der Waals surface area contributed by atoms with Crippen molar-refractivity contribution in [1.82, 2.24) is 0 Å². The zero-order chi connectivity index (χ0) is 11.1. The normalized spacial score (nSPS) is 18.5. The van der Waals surface area contributed by atoms with Crippen molar-refractivity contribution in [3.63, 3.8) is 0 Å². The van der Waals surface area contributed by atoms with E-state index in [9.17, 15) is 0 Å². The van der Waals surface area contributed by atoms with Crippen molar-refractivity contribution >= 4 is 28.6 Å². The van der Waals surface area contributed by atoms with Crippen LogP contribution in [0.2, 0.25) is 5.02 Å². The summed E-state index contributed by atoms with van der Waals surface area (Å²) >= 11 is 6.07. The van der Waals surface area contributed by atoms with E-state index in [2.05, 4.69) is 23.3 Å². The van der Waals surface area contributed by atoms with Crippen LogP contribution in [0.25, 0.3) is 5.57 Å². The highest BCUT2D eigenvalue weighted by Gasteiger charge is 2.21. The van der Waals surface area contributed by atoms with E-state index in [4.69, 9.17) is 11.6 Å². The smallest absolute Gasteiger partial charge is 0.0463 e. The lowest BCUT2D eigenvalue weighted by Crippen LogP contribution is -2.01. The summed E-state index contributed by atoms with van der Waals surface area (Å²) in [5.41, 5.74) is 6.18. The Bertz CT molecular complexity index is 515. The Labute approximate surface area is 100 Å². The quantitative estimate of drug-likeness (QED) is 0.724. The second-order valence-electron chi connectivity index (χ2n) is 4.32. The Balaban J connectivity index is 2.15. The van der Waals surface area contributed by atoms with Crippen molar-refractivity contribution in [2.45, 2.75) is 19.8 Å². The lowest BCUT2D eigenvalue weighted by molar-refractivity contribution is 0.998. The van der Waals surface area contributed by atoms with Crippen LogP contribution < -0.4 is 5.32 Å². The van der Waals surface area contributed by atoms with Crippen molar-refractivity contribution in [2.24, 2.45) is 4.99 Å². The minimum Gasteiger partial charge on any atom is -0.384 e. The predicted octanol–water partition coefficient (Wildman–Crippen LogP) is 3.73. The van der Waals surface area contributed by atoms with E-state index in [1.165, 1.54) is 28.2 Å². The Morgan fingerprint density at radius 2 is 2.25 bits per heavy atom. The minimum absolute atomic E-state index is 0.791. The van der Waals surface area contributed by atoms with Gasteiger partial charge in [0.2, 0.25) is 0 Å². The fourth-order valence-electron chi connectivity index (χ4n) is 2.39. The SMILES string of the molecule is CC1=NC2=C(C1)c1cc(Cl)ccc1NCC2. The summed E-state index contributed by atoms with van der Waals surface area (Å²) in [7, 11) is 0. The van der Waals surface area contributed by atoms with Crippen LogP contribution in [-0.4, -0.2) is 12.3 Å². The zero-order valence-corrected chi connectivity index (χ0v) is 9.93. The molecule has 0 bridgehead atoms. The molecule has 3 heteroatoms. The lowest BCUT2D eigenvalue weighted by atomic mass is 9.99. The Hall–Kier alpha value is -1.28. The molecule has 2 aliphatic rings. The van der Waals surface area contributed by atoms with Gasteiger partial charge in [-0.05, 0) is 30.7 Å². The molecule has 16 heavy (non-hydrogen) atoms. The van der Waals surface area contributed by atoms with Crippen LogP contribution in [0.5, 0.6) is 0 Å². The number of benzene rings is 1. The van der Waals surface area contributed by atoms with Gasteiger partial charge in [-0.3, -0.25) is 4.99 Å². The van der Waals surface area contributed by atoms with E-state index >= 15 is 0 Å². The van der Waals surface area contributed by atoms with Gasteiger partial charge in [0.15, 0.2) is 0 Å². The van der Waals surface area contributed by atoms with E-state index in [1.54, 1.807) is 0 Å². The first-order valence-corrected chi connectivity index (χ1v) is 5.92. The van der Waals surface area contributed by atoms with Crippen LogP contribution in [0.4, 0.5) is 5.69 Å². The summed E-state index contributed by atoms with van der Waals surface area (Å²) in [5, 5.41) is 4.22. The molecule has 0 amide bonds. The lowest BCUT2D eigenvalue weighted by Gasteiger charge is -2.10. The molecule has 3 rings (SSSR count). The molecular weight excluding hydrogens is 220 g/mol. The molecule has 0 saturated carbocycles. The summed E-state index contributed by atoms with van der Waals surface area (Å²) in [6, 6.07) is 6.03. The van der Waals surface area contributed by atoms with Gasteiger partial charge in [-0.2, -0.15) is 0 Å². The molecule has 0 saturated heterocycles. The highest BCUT2D eigenvalue weighted by atomic mass is 35.5. The number of halogens is 1. The number of aliphatic imine (C=N–C) groups is 1. The maximum Gasteiger partial charge on any atom is 0.0463 e. The number of hydrogen-bond donors (Lipinski definition) is 1. The fourth-order valence-corrected chi connectivity index (χ4v) is 2.56. The first-order chi connectivity index (χ1) is 7.74. The number of fused-ring (bicyclic) bond motifs is 2. The predicted molar refractivity (Wildman–Crippen MR) is 69.2 cm³/mol. The second kappa shape index (κ2) is 3.63. The van der Waals surface area contributed by atoms with E-state index in [0.29, 0.717) is 0 Å². The van der Waals surface area contributed by atoms with Crippen molar-refractivity contribution in [3.8, 4) is 0 Å². The van der Waals surface area contributed by atoms with Crippen LogP contribution in [0.1, 0.15) is 25.3 Å².